The Labute approximate surface area is 188 Å². The lowest BCUT2D eigenvalue weighted by Gasteiger charge is -2.14. The van der Waals surface area contributed by atoms with Crippen LogP contribution < -0.4 is 4.90 Å². The van der Waals surface area contributed by atoms with E-state index in [4.69, 9.17) is 0 Å². The molecule has 0 saturated carbocycles. The number of non-ortho nitro benzene ring substituents is 1. The molecule has 0 atom stereocenters. The highest BCUT2D eigenvalue weighted by molar-refractivity contribution is 8.18. The molecule has 32 heavy (non-hydrogen) atoms. The molecule has 9 heteroatoms. The Morgan fingerprint density at radius 2 is 1.72 bits per heavy atom. The maximum Gasteiger partial charge on any atom is 0.293 e. The fraction of sp³-hybridized carbons (Fsp3) is 0.130. The van der Waals surface area contributed by atoms with Crippen LogP contribution in [0.4, 0.5) is 16.2 Å². The summed E-state index contributed by atoms with van der Waals surface area (Å²) in [4.78, 5) is 39.2. The van der Waals surface area contributed by atoms with Crippen LogP contribution in [0.15, 0.2) is 71.8 Å². The summed E-state index contributed by atoms with van der Waals surface area (Å²) in [6, 6.07) is 17.6. The highest BCUT2D eigenvalue weighted by atomic mass is 32.2. The first kappa shape index (κ1) is 21.4. The van der Waals surface area contributed by atoms with Crippen LogP contribution in [0.5, 0.6) is 0 Å². The monoisotopic (exact) mass is 448 g/mol. The van der Waals surface area contributed by atoms with E-state index >= 15 is 0 Å². The number of amides is 2. The first-order valence-electron chi connectivity index (χ1n) is 9.77. The fourth-order valence-electron chi connectivity index (χ4n) is 3.33. The zero-order valence-corrected chi connectivity index (χ0v) is 18.3. The van der Waals surface area contributed by atoms with Crippen LogP contribution in [-0.2, 0) is 11.3 Å². The van der Waals surface area contributed by atoms with Gasteiger partial charge in [-0.1, -0.05) is 12.1 Å². The summed E-state index contributed by atoms with van der Waals surface area (Å²) in [6.45, 7) is 0.0625. The van der Waals surface area contributed by atoms with Crippen molar-refractivity contribution in [3.8, 4) is 5.69 Å². The molecule has 0 aliphatic carbocycles. The van der Waals surface area contributed by atoms with Crippen LogP contribution >= 0.6 is 11.8 Å². The van der Waals surface area contributed by atoms with Crippen molar-refractivity contribution in [3.63, 3.8) is 0 Å². The number of thioether (sulfide) groups is 1. The molecule has 2 aromatic carbocycles. The topological polar surface area (TPSA) is 88.7 Å². The molecule has 1 aliphatic rings. The molecule has 8 nitrogen and oxygen atoms in total. The summed E-state index contributed by atoms with van der Waals surface area (Å²) in [5.41, 5.74) is 3.40. The maximum absolute atomic E-state index is 12.9. The van der Waals surface area contributed by atoms with E-state index in [9.17, 15) is 19.7 Å². The van der Waals surface area contributed by atoms with Gasteiger partial charge in [0.2, 0.25) is 0 Å². The van der Waals surface area contributed by atoms with Crippen molar-refractivity contribution in [2.45, 2.75) is 6.54 Å². The van der Waals surface area contributed by atoms with Gasteiger partial charge in [0.1, 0.15) is 0 Å². The number of carbonyl (C=O) groups excluding carboxylic acids is 2. The van der Waals surface area contributed by atoms with E-state index in [2.05, 4.69) is 0 Å². The number of nitro groups is 1. The van der Waals surface area contributed by atoms with E-state index in [1.165, 1.54) is 12.1 Å². The molecule has 4 rings (SSSR count). The number of rotatable bonds is 6. The van der Waals surface area contributed by atoms with Gasteiger partial charge in [0, 0.05) is 49.5 Å². The van der Waals surface area contributed by atoms with E-state index in [-0.39, 0.29) is 23.4 Å². The number of nitro benzene ring substituents is 1. The number of nitrogens with zero attached hydrogens (tertiary/aromatic N) is 4. The summed E-state index contributed by atoms with van der Waals surface area (Å²) < 4.78 is 1.95. The minimum absolute atomic E-state index is 0.0397. The number of benzene rings is 2. The predicted octanol–water partition coefficient (Wildman–Crippen LogP) is 4.69. The molecule has 0 radical (unpaired) electrons. The van der Waals surface area contributed by atoms with E-state index in [1.807, 2.05) is 66.2 Å². The lowest BCUT2D eigenvalue weighted by Crippen LogP contribution is -2.27. The van der Waals surface area contributed by atoms with Gasteiger partial charge in [-0.15, -0.1) is 0 Å². The Morgan fingerprint density at radius 1 is 1.03 bits per heavy atom. The molecule has 0 spiro atoms. The third kappa shape index (κ3) is 4.28. The van der Waals surface area contributed by atoms with Gasteiger partial charge in [-0.3, -0.25) is 24.6 Å². The highest BCUT2D eigenvalue weighted by Gasteiger charge is 2.35. The SMILES string of the molecule is CN(C)c1ccc(-n2cccc2/C=C2\SC(=O)N(Cc3ccc([N+](=O)[O-])cc3)C2=O)cc1. The average Bonchev–Trinajstić information content (AvgIpc) is 3.34. The summed E-state index contributed by atoms with van der Waals surface area (Å²) in [7, 11) is 3.95. The van der Waals surface area contributed by atoms with Crippen molar-refractivity contribution in [1.29, 1.82) is 0 Å². The lowest BCUT2D eigenvalue weighted by molar-refractivity contribution is -0.384. The van der Waals surface area contributed by atoms with Gasteiger partial charge in [-0.2, -0.15) is 0 Å². The molecular weight excluding hydrogens is 428 g/mol. The van der Waals surface area contributed by atoms with Crippen molar-refractivity contribution in [2.24, 2.45) is 0 Å². The molecule has 2 amide bonds. The van der Waals surface area contributed by atoms with Crippen LogP contribution in [0.25, 0.3) is 11.8 Å². The molecule has 0 bridgehead atoms. The molecule has 0 unspecified atom stereocenters. The van der Waals surface area contributed by atoms with E-state index in [0.717, 1.165) is 33.7 Å². The molecule has 0 N–H and O–H groups in total. The molecule has 162 valence electrons. The Balaban J connectivity index is 1.55. The van der Waals surface area contributed by atoms with Gasteiger partial charge < -0.3 is 9.47 Å². The zero-order chi connectivity index (χ0) is 22.8. The van der Waals surface area contributed by atoms with Crippen molar-refractivity contribution >= 4 is 40.4 Å². The normalized spacial score (nSPS) is 14.9. The molecule has 1 aromatic heterocycles. The summed E-state index contributed by atoms with van der Waals surface area (Å²) in [6.07, 6.45) is 3.61. The minimum atomic E-state index is -0.490. The van der Waals surface area contributed by atoms with Gasteiger partial charge in [-0.25, -0.2) is 0 Å². The van der Waals surface area contributed by atoms with Crippen molar-refractivity contribution in [2.75, 3.05) is 19.0 Å². The highest BCUT2D eigenvalue weighted by Crippen LogP contribution is 2.34. The molecule has 1 aliphatic heterocycles. The third-order valence-corrected chi connectivity index (χ3v) is 5.97. The molecule has 1 saturated heterocycles. The number of carbonyl (C=O) groups is 2. The quantitative estimate of drug-likeness (QED) is 0.309. The van der Waals surface area contributed by atoms with E-state index in [0.29, 0.717) is 10.5 Å². The second-order valence-electron chi connectivity index (χ2n) is 7.41. The molecule has 1 fully saturated rings. The second kappa shape index (κ2) is 8.72. The number of hydrogen-bond acceptors (Lipinski definition) is 6. The van der Waals surface area contributed by atoms with Gasteiger partial charge >= 0.3 is 0 Å². The van der Waals surface area contributed by atoms with Crippen LogP contribution in [0, 0.1) is 10.1 Å². The maximum atomic E-state index is 12.9. The van der Waals surface area contributed by atoms with Crippen molar-refractivity contribution in [3.05, 3.63) is 93.1 Å². The van der Waals surface area contributed by atoms with Gasteiger partial charge in [0.25, 0.3) is 16.8 Å². The number of anilines is 1. The standard InChI is InChI=1S/C23H20N4O4S/c1-24(2)17-9-11-18(12-10-17)25-13-3-4-20(25)14-21-22(28)26(23(29)32-21)15-16-5-7-19(8-6-16)27(30)31/h3-14H,15H2,1-2H3/b21-14-. The molecule has 3 aromatic rings. The van der Waals surface area contributed by atoms with E-state index in [1.54, 1.807) is 18.2 Å². The van der Waals surface area contributed by atoms with Crippen LogP contribution in [0.3, 0.4) is 0 Å². The summed E-state index contributed by atoms with van der Waals surface area (Å²) >= 11 is 0.888. The third-order valence-electron chi connectivity index (χ3n) is 5.06. The van der Waals surface area contributed by atoms with Crippen LogP contribution in [-0.4, -0.2) is 39.6 Å². The van der Waals surface area contributed by atoms with Crippen molar-refractivity contribution < 1.29 is 14.5 Å². The Morgan fingerprint density at radius 3 is 2.34 bits per heavy atom. The number of aromatic nitrogens is 1. The lowest BCUT2D eigenvalue weighted by atomic mass is 10.2. The summed E-state index contributed by atoms with van der Waals surface area (Å²) in [5, 5.41) is 10.4. The largest absolute Gasteiger partial charge is 0.378 e. The second-order valence-corrected chi connectivity index (χ2v) is 8.40. The average molecular weight is 449 g/mol. The van der Waals surface area contributed by atoms with Crippen LogP contribution in [0.1, 0.15) is 11.3 Å². The first-order chi connectivity index (χ1) is 15.3. The zero-order valence-electron chi connectivity index (χ0n) is 17.5. The summed E-state index contributed by atoms with van der Waals surface area (Å²) in [5.74, 6) is -0.381. The molecular formula is C23H20N4O4S. The predicted molar refractivity (Wildman–Crippen MR) is 125 cm³/mol. The van der Waals surface area contributed by atoms with Crippen molar-refractivity contribution in [1.82, 2.24) is 9.47 Å². The first-order valence-corrected chi connectivity index (χ1v) is 10.6. The number of imide groups is 1. The Kier molecular flexibility index (Phi) is 5.83. The minimum Gasteiger partial charge on any atom is -0.378 e. The van der Waals surface area contributed by atoms with Crippen LogP contribution in [0.2, 0.25) is 0 Å². The Hall–Kier alpha value is -3.85. The van der Waals surface area contributed by atoms with Gasteiger partial charge in [-0.05, 0) is 59.8 Å². The van der Waals surface area contributed by atoms with E-state index < -0.39 is 4.92 Å². The Bertz CT molecular complexity index is 1210. The molecule has 2 heterocycles. The smallest absolute Gasteiger partial charge is 0.293 e. The van der Waals surface area contributed by atoms with Gasteiger partial charge in [0.15, 0.2) is 0 Å². The number of hydrogen-bond donors (Lipinski definition) is 0. The fourth-order valence-corrected chi connectivity index (χ4v) is 4.16. The van der Waals surface area contributed by atoms with Gasteiger partial charge in [0.05, 0.1) is 16.4 Å².